The van der Waals surface area contributed by atoms with Crippen LogP contribution in [0.25, 0.3) is 53.7 Å². The summed E-state index contributed by atoms with van der Waals surface area (Å²) in [5.41, 5.74) is 6.46. The first-order valence-corrected chi connectivity index (χ1v) is 17.3. The molecule has 1 aliphatic rings. The number of carbonyl (C=O) groups is 1. The molecule has 47 heavy (non-hydrogen) atoms. The van der Waals surface area contributed by atoms with E-state index in [2.05, 4.69) is 74.5 Å². The Morgan fingerprint density at radius 1 is 0.894 bits per heavy atom. The van der Waals surface area contributed by atoms with Crippen LogP contribution >= 0.6 is 11.3 Å². The van der Waals surface area contributed by atoms with Crippen LogP contribution in [0.1, 0.15) is 78.4 Å². The number of pyridine rings is 1. The maximum atomic E-state index is 11.7. The monoisotopic (exact) mass is 821 g/mol. The fourth-order valence-corrected chi connectivity index (χ4v) is 8.12. The molecule has 3 heterocycles. The average molecular weight is 821 g/mol. The SMILES string of the molecule is CC1(C)c2c(-c3cc4c(cn3)sc3ccccc34)[c-]ccc2-c2oc3ccccc3c21.CCC(CC)C(=O)/C=C(\O)C(CC)CC.[Ir]. The van der Waals surface area contributed by atoms with Crippen molar-refractivity contribution in [2.75, 3.05) is 0 Å². The molecule has 0 aliphatic heterocycles. The molecule has 1 N–H and O–H groups in total. The van der Waals surface area contributed by atoms with Gasteiger partial charge in [0.2, 0.25) is 0 Å². The summed E-state index contributed by atoms with van der Waals surface area (Å²) in [6.07, 6.45) is 6.92. The Morgan fingerprint density at radius 3 is 2.26 bits per heavy atom. The summed E-state index contributed by atoms with van der Waals surface area (Å²) in [6.45, 7) is 12.6. The number of fused-ring (bicyclic) bond motifs is 8. The number of aromatic nitrogens is 1. The van der Waals surface area contributed by atoms with Gasteiger partial charge in [0, 0.05) is 59.9 Å². The van der Waals surface area contributed by atoms with E-state index in [4.69, 9.17) is 9.40 Å². The molecule has 0 saturated carbocycles. The molecule has 0 saturated heterocycles. The van der Waals surface area contributed by atoms with Crippen molar-refractivity contribution in [1.29, 1.82) is 0 Å². The van der Waals surface area contributed by atoms with Gasteiger partial charge in [0.25, 0.3) is 0 Å². The average Bonchev–Trinajstić information content (AvgIpc) is 3.71. The number of furan rings is 1. The number of para-hydroxylation sites is 1. The van der Waals surface area contributed by atoms with E-state index in [1.165, 1.54) is 42.8 Å². The van der Waals surface area contributed by atoms with Crippen LogP contribution in [0.5, 0.6) is 0 Å². The minimum atomic E-state index is -0.197. The Hall–Kier alpha value is -3.57. The predicted molar refractivity (Wildman–Crippen MR) is 193 cm³/mol. The first-order chi connectivity index (χ1) is 22.2. The number of benzene rings is 3. The van der Waals surface area contributed by atoms with Crippen molar-refractivity contribution >= 4 is 48.3 Å². The molecule has 0 fully saturated rings. The van der Waals surface area contributed by atoms with Gasteiger partial charge in [0.1, 0.15) is 11.3 Å². The Labute approximate surface area is 295 Å². The van der Waals surface area contributed by atoms with Gasteiger partial charge in [0.15, 0.2) is 5.78 Å². The van der Waals surface area contributed by atoms with Gasteiger partial charge in [-0.15, -0.1) is 40.7 Å². The van der Waals surface area contributed by atoms with Crippen LogP contribution in [0, 0.1) is 17.9 Å². The van der Waals surface area contributed by atoms with Crippen molar-refractivity contribution in [2.45, 2.75) is 72.6 Å². The molecular formula is C41H42IrNO3S-. The minimum absolute atomic E-state index is 0. The zero-order valence-corrected chi connectivity index (χ0v) is 31.2. The second-order valence-corrected chi connectivity index (χ2v) is 13.8. The summed E-state index contributed by atoms with van der Waals surface area (Å²) in [5, 5.41) is 13.5. The number of carbonyl (C=O) groups excluding carboxylic acids is 1. The van der Waals surface area contributed by atoms with Crippen LogP contribution in [0.2, 0.25) is 0 Å². The van der Waals surface area contributed by atoms with Crippen molar-refractivity contribution < 1.29 is 34.4 Å². The van der Waals surface area contributed by atoms with E-state index in [1.807, 2.05) is 46.0 Å². The van der Waals surface area contributed by atoms with E-state index in [9.17, 15) is 9.90 Å². The molecule has 245 valence electrons. The molecule has 0 bridgehead atoms. The van der Waals surface area contributed by atoms with E-state index >= 15 is 0 Å². The van der Waals surface area contributed by atoms with E-state index in [0.29, 0.717) is 0 Å². The molecule has 6 heteroatoms. The van der Waals surface area contributed by atoms with Gasteiger partial charge in [-0.3, -0.25) is 4.79 Å². The number of ketones is 1. The Morgan fingerprint density at radius 2 is 1.55 bits per heavy atom. The topological polar surface area (TPSA) is 63.3 Å². The number of thiophene rings is 1. The molecule has 1 radical (unpaired) electrons. The van der Waals surface area contributed by atoms with Crippen LogP contribution < -0.4 is 0 Å². The van der Waals surface area contributed by atoms with Crippen molar-refractivity contribution in [2.24, 2.45) is 11.8 Å². The number of rotatable bonds is 8. The summed E-state index contributed by atoms with van der Waals surface area (Å²) in [5.74, 6) is 1.53. The number of allylic oxidation sites excluding steroid dienone is 2. The number of hydrogen-bond donors (Lipinski definition) is 1. The standard InChI is InChI=1S/C28H18NOS.C13H24O2.Ir/c1-28(2)25-17(21-14-20-16-8-4-6-13-23(16)31-24(20)15-29-21)10-7-11-19(25)27-26(28)18-9-3-5-12-22(18)30-27;1-5-10(6-2)12(14)9-13(15)11(7-3)8-4;/h3-9,11-15H,1-2H3;9-11,14H,5-8H2,1-4H3;/q-1;;/b;12-9-;. The van der Waals surface area contributed by atoms with Gasteiger partial charge >= 0.3 is 0 Å². The van der Waals surface area contributed by atoms with E-state index in [-0.39, 0.29) is 48.9 Å². The second-order valence-electron chi connectivity index (χ2n) is 12.7. The number of aliphatic hydroxyl groups is 1. The first-order valence-electron chi connectivity index (χ1n) is 16.5. The maximum Gasteiger partial charge on any atom is 0.162 e. The number of nitrogens with zero attached hydrogens (tertiary/aromatic N) is 1. The second kappa shape index (κ2) is 14.3. The Balaban J connectivity index is 0.000000234. The van der Waals surface area contributed by atoms with Crippen LogP contribution in [0.4, 0.5) is 0 Å². The quantitative estimate of drug-likeness (QED) is 0.0944. The zero-order valence-electron chi connectivity index (χ0n) is 27.9. The number of hydrogen-bond acceptors (Lipinski definition) is 5. The first kappa shape index (κ1) is 34.8. The van der Waals surface area contributed by atoms with Gasteiger partial charge in [-0.05, 0) is 59.7 Å². The molecule has 3 aromatic heterocycles. The van der Waals surface area contributed by atoms with E-state index < -0.39 is 0 Å². The molecule has 0 atom stereocenters. The smallest absolute Gasteiger partial charge is 0.162 e. The van der Waals surface area contributed by atoms with Crippen LogP contribution in [-0.4, -0.2) is 15.9 Å². The molecule has 1 aliphatic carbocycles. The third kappa shape index (κ3) is 6.24. The molecule has 7 rings (SSSR count). The predicted octanol–water partition coefficient (Wildman–Crippen LogP) is 11.8. The van der Waals surface area contributed by atoms with Crippen LogP contribution in [-0.2, 0) is 30.3 Å². The van der Waals surface area contributed by atoms with Gasteiger partial charge in [0.05, 0.1) is 10.5 Å². The van der Waals surface area contributed by atoms with Crippen molar-refractivity contribution in [3.63, 3.8) is 0 Å². The minimum Gasteiger partial charge on any atom is -0.512 e. The van der Waals surface area contributed by atoms with Gasteiger partial charge < -0.3 is 14.5 Å². The molecular weight excluding hydrogens is 779 g/mol. The van der Waals surface area contributed by atoms with Crippen LogP contribution in [0.3, 0.4) is 0 Å². The molecule has 0 unspecified atom stereocenters. The largest absolute Gasteiger partial charge is 0.512 e. The Bertz CT molecular complexity index is 2080. The van der Waals surface area contributed by atoms with E-state index in [1.54, 1.807) is 11.3 Å². The molecule has 0 spiro atoms. The molecule has 6 aromatic rings. The fourth-order valence-electron chi connectivity index (χ4n) is 7.07. The van der Waals surface area contributed by atoms with Crippen molar-refractivity contribution in [1.82, 2.24) is 4.98 Å². The van der Waals surface area contributed by atoms with Crippen molar-refractivity contribution in [3.05, 3.63) is 102 Å². The van der Waals surface area contributed by atoms with Crippen molar-refractivity contribution in [3.8, 4) is 22.6 Å². The summed E-state index contributed by atoms with van der Waals surface area (Å²) in [7, 11) is 0. The van der Waals surface area contributed by atoms with Gasteiger partial charge in [-0.25, -0.2) is 0 Å². The molecule has 4 nitrogen and oxygen atoms in total. The summed E-state index contributed by atoms with van der Waals surface area (Å²) in [6, 6.07) is 26.8. The van der Waals surface area contributed by atoms with E-state index in [0.717, 1.165) is 53.8 Å². The van der Waals surface area contributed by atoms with Gasteiger partial charge in [-0.2, -0.15) is 0 Å². The normalized spacial score (nSPS) is 13.5. The molecule has 3 aromatic carbocycles. The Kier molecular flexibility index (Phi) is 10.6. The number of aliphatic hydroxyl groups excluding tert-OH is 1. The maximum absolute atomic E-state index is 11.7. The third-order valence-electron chi connectivity index (χ3n) is 9.69. The fraction of sp³-hybridized carbons (Fsp3) is 0.317. The van der Waals surface area contributed by atoms with Crippen LogP contribution in [0.15, 0.2) is 89.2 Å². The summed E-state index contributed by atoms with van der Waals surface area (Å²) >= 11 is 1.80. The summed E-state index contributed by atoms with van der Waals surface area (Å²) < 4.78 is 8.86. The van der Waals surface area contributed by atoms with Gasteiger partial charge in [-0.1, -0.05) is 89.6 Å². The molecule has 0 amide bonds. The summed E-state index contributed by atoms with van der Waals surface area (Å²) in [4.78, 5) is 16.6. The zero-order chi connectivity index (χ0) is 32.6. The third-order valence-corrected chi connectivity index (χ3v) is 10.8.